The highest BCUT2D eigenvalue weighted by molar-refractivity contribution is 5.91. The van der Waals surface area contributed by atoms with Crippen molar-refractivity contribution < 1.29 is 52.8 Å². The summed E-state index contributed by atoms with van der Waals surface area (Å²) in [6.07, 6.45) is 19.3. The van der Waals surface area contributed by atoms with Gasteiger partial charge in [-0.15, -0.1) is 0 Å². The smallest absolute Gasteiger partial charge is 0.339 e. The summed E-state index contributed by atoms with van der Waals surface area (Å²) >= 11 is 0. The van der Waals surface area contributed by atoms with E-state index in [0.717, 1.165) is 57.1 Å². The van der Waals surface area contributed by atoms with Crippen molar-refractivity contribution in [1.29, 1.82) is 0 Å². The Hall–Kier alpha value is -2.95. The van der Waals surface area contributed by atoms with Gasteiger partial charge in [0.15, 0.2) is 5.60 Å². The highest BCUT2D eigenvalue weighted by atomic mass is 16.6. The van der Waals surface area contributed by atoms with E-state index < -0.39 is 48.3 Å². The molecule has 11 nitrogen and oxygen atoms in total. The van der Waals surface area contributed by atoms with E-state index in [2.05, 4.69) is 13.8 Å². The number of hydrogen-bond acceptors (Lipinski definition) is 11. The van der Waals surface area contributed by atoms with E-state index >= 15 is 0 Å². The number of hydrogen-bond donors (Lipinski definition) is 1. The molecule has 0 aromatic carbocycles. The molecular weight excluding hydrogens is 632 g/mol. The normalized spacial score (nSPS) is 11.0. The molecule has 0 heterocycles. The number of carbonyl (C=O) groups excluding carboxylic acids is 5. The lowest BCUT2D eigenvalue weighted by molar-refractivity contribution is -0.178. The van der Waals surface area contributed by atoms with Gasteiger partial charge >= 0.3 is 29.8 Å². The number of aliphatic hydroxyl groups is 1. The van der Waals surface area contributed by atoms with Gasteiger partial charge in [-0.2, -0.15) is 0 Å². The van der Waals surface area contributed by atoms with Gasteiger partial charge in [0, 0.05) is 12.2 Å². The summed E-state index contributed by atoms with van der Waals surface area (Å²) in [6, 6.07) is 0. The van der Waals surface area contributed by atoms with E-state index in [1.54, 1.807) is 0 Å². The molecule has 0 aliphatic rings. The fraction of sp³-hybridized carbons (Fsp3) is 0.816. The third-order valence-corrected chi connectivity index (χ3v) is 7.35. The van der Waals surface area contributed by atoms with Gasteiger partial charge in [0.1, 0.15) is 0 Å². The van der Waals surface area contributed by atoms with Crippen LogP contribution in [0.3, 0.4) is 0 Å². The first kappa shape index (κ1) is 48.2. The van der Waals surface area contributed by atoms with E-state index in [0.29, 0.717) is 32.5 Å². The molecule has 49 heavy (non-hydrogen) atoms. The van der Waals surface area contributed by atoms with E-state index in [-0.39, 0.29) is 19.8 Å². The first-order valence-electron chi connectivity index (χ1n) is 18.8. The Morgan fingerprint density at radius 2 is 0.735 bits per heavy atom. The third-order valence-electron chi connectivity index (χ3n) is 7.35. The largest absolute Gasteiger partial charge is 0.466 e. The average molecular weight is 701 g/mol. The lowest BCUT2D eigenvalue weighted by atomic mass is 9.95. The van der Waals surface area contributed by atoms with E-state index in [4.69, 9.17) is 23.7 Å². The highest BCUT2D eigenvalue weighted by Crippen LogP contribution is 2.20. The van der Waals surface area contributed by atoms with Crippen molar-refractivity contribution in [3.8, 4) is 0 Å². The molecular formula is C38H68O11. The summed E-state index contributed by atoms with van der Waals surface area (Å²) in [6.45, 7) is 11.6. The molecule has 0 aliphatic heterocycles. The zero-order valence-electron chi connectivity index (χ0n) is 31.4. The maximum atomic E-state index is 12.2. The standard InChI is InChI=1S/C20H36O4.C18H32O7/c1-3-5-7-9-11-13-17-23-19(21)15-16-20(22)24-18-14-12-10-8-6-4-2;1-4-7-10-23-15(19)13-18(22,17(21)25-12-9-6-3)14-16(20)24-11-8-5-2/h15-16H,3-14,17-18H2,1-2H3;22H,4-14H2,1-3H3/b16-15+;. The summed E-state index contributed by atoms with van der Waals surface area (Å²) in [5.74, 6) is -3.43. The first-order chi connectivity index (χ1) is 23.6. The zero-order chi connectivity index (χ0) is 37.0. The molecule has 0 saturated carbocycles. The Morgan fingerprint density at radius 3 is 1.10 bits per heavy atom. The Balaban J connectivity index is 0. The van der Waals surface area contributed by atoms with E-state index in [1.807, 2.05) is 20.8 Å². The van der Waals surface area contributed by atoms with Crippen molar-refractivity contribution in [2.45, 2.75) is 169 Å². The van der Waals surface area contributed by atoms with Crippen LogP contribution in [0.15, 0.2) is 12.2 Å². The van der Waals surface area contributed by atoms with Gasteiger partial charge in [0.2, 0.25) is 0 Å². The van der Waals surface area contributed by atoms with Crippen molar-refractivity contribution in [3.05, 3.63) is 12.2 Å². The van der Waals surface area contributed by atoms with Crippen LogP contribution >= 0.6 is 0 Å². The van der Waals surface area contributed by atoms with Gasteiger partial charge in [-0.05, 0) is 32.1 Å². The summed E-state index contributed by atoms with van der Waals surface area (Å²) < 4.78 is 25.0. The van der Waals surface area contributed by atoms with Crippen LogP contribution in [0, 0.1) is 0 Å². The van der Waals surface area contributed by atoms with E-state index in [9.17, 15) is 29.1 Å². The van der Waals surface area contributed by atoms with Gasteiger partial charge in [0.05, 0.1) is 45.9 Å². The zero-order valence-corrected chi connectivity index (χ0v) is 31.4. The number of unbranched alkanes of at least 4 members (excludes halogenated alkanes) is 13. The SMILES string of the molecule is CCCCCCCCOC(=O)/C=C/C(=O)OCCCCCCCC.CCCCOC(=O)CC(O)(CC(=O)OCCCC)C(=O)OCCCC. The monoisotopic (exact) mass is 700 g/mol. The van der Waals surface area contributed by atoms with Crippen LogP contribution in [0.2, 0.25) is 0 Å². The fourth-order valence-electron chi connectivity index (χ4n) is 4.23. The minimum atomic E-state index is -2.26. The van der Waals surface area contributed by atoms with Crippen LogP contribution in [0.1, 0.15) is 163 Å². The second-order valence-electron chi connectivity index (χ2n) is 12.2. The van der Waals surface area contributed by atoms with Gasteiger partial charge in [-0.1, -0.05) is 118 Å². The van der Waals surface area contributed by atoms with Crippen molar-refractivity contribution in [2.24, 2.45) is 0 Å². The second kappa shape index (κ2) is 34.9. The van der Waals surface area contributed by atoms with Crippen molar-refractivity contribution in [2.75, 3.05) is 33.0 Å². The number of carbonyl (C=O) groups is 5. The molecule has 0 aromatic rings. The molecule has 0 atom stereocenters. The Kier molecular flexibility index (Phi) is 34.3. The minimum absolute atomic E-state index is 0.118. The van der Waals surface area contributed by atoms with Crippen LogP contribution < -0.4 is 0 Å². The van der Waals surface area contributed by atoms with Gasteiger partial charge in [0.25, 0.3) is 0 Å². The molecule has 0 bridgehead atoms. The Labute approximate surface area is 296 Å². The molecule has 0 radical (unpaired) electrons. The van der Waals surface area contributed by atoms with Crippen LogP contribution in [-0.2, 0) is 47.7 Å². The molecule has 0 saturated heterocycles. The molecule has 0 rings (SSSR count). The van der Waals surface area contributed by atoms with Crippen LogP contribution in [0.5, 0.6) is 0 Å². The van der Waals surface area contributed by atoms with Crippen LogP contribution in [0.25, 0.3) is 0 Å². The minimum Gasteiger partial charge on any atom is -0.466 e. The summed E-state index contributed by atoms with van der Waals surface area (Å²) in [4.78, 5) is 58.8. The second-order valence-corrected chi connectivity index (χ2v) is 12.2. The number of esters is 5. The summed E-state index contributed by atoms with van der Waals surface area (Å²) in [7, 11) is 0. The maximum Gasteiger partial charge on any atom is 0.339 e. The van der Waals surface area contributed by atoms with Crippen molar-refractivity contribution in [1.82, 2.24) is 0 Å². The summed E-state index contributed by atoms with van der Waals surface area (Å²) in [5, 5.41) is 10.6. The van der Waals surface area contributed by atoms with Gasteiger partial charge in [-0.3, -0.25) is 9.59 Å². The molecule has 0 unspecified atom stereocenters. The summed E-state index contributed by atoms with van der Waals surface area (Å²) in [5.41, 5.74) is -2.26. The van der Waals surface area contributed by atoms with Crippen molar-refractivity contribution >= 4 is 29.8 Å². The lowest BCUT2D eigenvalue weighted by Gasteiger charge is -2.24. The molecule has 1 N–H and O–H groups in total. The van der Waals surface area contributed by atoms with Crippen LogP contribution in [-0.4, -0.2) is 73.6 Å². The number of ether oxygens (including phenoxy) is 5. The fourth-order valence-corrected chi connectivity index (χ4v) is 4.23. The maximum absolute atomic E-state index is 12.2. The highest BCUT2D eigenvalue weighted by Gasteiger charge is 2.43. The third kappa shape index (κ3) is 32.0. The molecule has 0 spiro atoms. The average Bonchev–Trinajstić information content (AvgIpc) is 3.07. The molecule has 0 aliphatic carbocycles. The van der Waals surface area contributed by atoms with E-state index in [1.165, 1.54) is 51.4 Å². The van der Waals surface area contributed by atoms with Crippen molar-refractivity contribution in [3.63, 3.8) is 0 Å². The van der Waals surface area contributed by atoms with Gasteiger partial charge < -0.3 is 28.8 Å². The predicted octanol–water partition coefficient (Wildman–Crippen LogP) is 7.88. The molecule has 0 fully saturated rings. The quantitative estimate of drug-likeness (QED) is 0.0337. The first-order valence-corrected chi connectivity index (χ1v) is 18.8. The molecule has 286 valence electrons. The lowest BCUT2D eigenvalue weighted by Crippen LogP contribution is -2.45. The van der Waals surface area contributed by atoms with Crippen LogP contribution in [0.4, 0.5) is 0 Å². The Bertz CT molecular complexity index is 829. The molecule has 11 heteroatoms. The molecule has 0 aromatic heterocycles. The topological polar surface area (TPSA) is 152 Å². The Morgan fingerprint density at radius 1 is 0.429 bits per heavy atom. The predicted molar refractivity (Wildman–Crippen MR) is 190 cm³/mol. The van der Waals surface area contributed by atoms with Gasteiger partial charge in [-0.25, -0.2) is 14.4 Å². The molecule has 0 amide bonds. The number of rotatable bonds is 30.